The number of phosphoric acid groups is 1. The lowest BCUT2D eigenvalue weighted by Crippen LogP contribution is -2.21. The van der Waals surface area contributed by atoms with Crippen molar-refractivity contribution in [1.29, 1.82) is 0 Å². The lowest BCUT2D eigenvalue weighted by molar-refractivity contribution is -0.137. The number of hydrogen-bond acceptors (Lipinski definition) is 9. The van der Waals surface area contributed by atoms with Crippen molar-refractivity contribution in [3.8, 4) is 5.75 Å². The third-order valence-corrected chi connectivity index (χ3v) is 4.89. The van der Waals surface area contributed by atoms with Crippen LogP contribution in [0.3, 0.4) is 0 Å². The summed E-state index contributed by atoms with van der Waals surface area (Å²) in [5.74, 6) is -1.42. The van der Waals surface area contributed by atoms with E-state index >= 15 is 0 Å². The van der Waals surface area contributed by atoms with Crippen LogP contribution in [0.15, 0.2) is 36.4 Å². The molecule has 0 saturated heterocycles. The summed E-state index contributed by atoms with van der Waals surface area (Å²) in [6.07, 6.45) is -4.60. The van der Waals surface area contributed by atoms with Crippen molar-refractivity contribution in [3.63, 3.8) is 0 Å². The molecule has 0 unspecified atom stereocenters. The van der Waals surface area contributed by atoms with Gasteiger partial charge < -0.3 is 40.9 Å². The van der Waals surface area contributed by atoms with Gasteiger partial charge in [-0.15, -0.1) is 0 Å². The fourth-order valence-electron chi connectivity index (χ4n) is 2.67. The summed E-state index contributed by atoms with van der Waals surface area (Å²) in [6.45, 7) is 4.26. The number of hydrogen-bond donors (Lipinski definition) is 9. The summed E-state index contributed by atoms with van der Waals surface area (Å²) < 4.78 is 54.0. The van der Waals surface area contributed by atoms with Crippen molar-refractivity contribution in [1.82, 2.24) is 10.6 Å². The first-order chi connectivity index (χ1) is 18.7. The van der Waals surface area contributed by atoms with Gasteiger partial charge in [0.15, 0.2) is 0 Å². The van der Waals surface area contributed by atoms with Gasteiger partial charge in [0.2, 0.25) is 0 Å². The molecule has 0 saturated carbocycles. The van der Waals surface area contributed by atoms with Crippen LogP contribution in [0.2, 0.25) is 5.02 Å². The van der Waals surface area contributed by atoms with Crippen molar-refractivity contribution in [2.75, 3.05) is 57.9 Å². The second-order valence-corrected chi connectivity index (χ2v) is 9.26. The summed E-state index contributed by atoms with van der Waals surface area (Å²) in [5.41, 5.74) is -1.20. The molecule has 1 amide bonds. The van der Waals surface area contributed by atoms with Crippen molar-refractivity contribution < 1.29 is 57.3 Å². The standard InChI is InChI=1S/C15H12ClF3NO5P.2C4H11NO2/c1-8-4-9(15(17,18)19)6-11(5-8)20-14(21)12-7-10(16)2-3-13(12)25-26(22,23)24;2*6-3-1-5-2-4-7/h2-7H,1H3,(H,20,21)(H2,22,23,24);2*5-7H,1-4H2. The average molecular weight is 620 g/mol. The van der Waals surface area contributed by atoms with Crippen LogP contribution in [-0.4, -0.2) is 88.7 Å². The van der Waals surface area contributed by atoms with E-state index in [0.717, 1.165) is 24.3 Å². The Labute approximate surface area is 234 Å². The summed E-state index contributed by atoms with van der Waals surface area (Å²) in [7, 11) is -4.96. The molecule has 2 aromatic carbocycles. The van der Waals surface area contributed by atoms with Crippen LogP contribution in [0.5, 0.6) is 5.75 Å². The molecule has 0 bridgehead atoms. The fourth-order valence-corrected chi connectivity index (χ4v) is 3.26. The van der Waals surface area contributed by atoms with Crippen molar-refractivity contribution >= 4 is 31.0 Å². The lowest BCUT2D eigenvalue weighted by atomic mass is 10.1. The van der Waals surface area contributed by atoms with Gasteiger partial charge in [-0.05, 0) is 48.9 Å². The molecule has 40 heavy (non-hydrogen) atoms. The molecule has 2 rings (SSSR count). The van der Waals surface area contributed by atoms with E-state index in [1.54, 1.807) is 0 Å². The highest BCUT2D eigenvalue weighted by Crippen LogP contribution is 2.40. The van der Waals surface area contributed by atoms with Crippen LogP contribution >= 0.6 is 19.4 Å². The number of aliphatic hydroxyl groups is 4. The molecule has 0 radical (unpaired) electrons. The second kappa shape index (κ2) is 19.7. The number of rotatable bonds is 12. The molecule has 0 fully saturated rings. The van der Waals surface area contributed by atoms with Crippen molar-refractivity contribution in [2.24, 2.45) is 0 Å². The Morgan fingerprint density at radius 2 is 1.40 bits per heavy atom. The van der Waals surface area contributed by atoms with Gasteiger partial charge in [0, 0.05) is 36.9 Å². The zero-order valence-electron chi connectivity index (χ0n) is 21.5. The highest BCUT2D eigenvalue weighted by molar-refractivity contribution is 7.46. The second-order valence-electron chi connectivity index (χ2n) is 7.66. The maximum atomic E-state index is 12.9. The number of halogens is 4. The molecule has 0 aromatic heterocycles. The molecule has 0 aliphatic rings. The predicted octanol–water partition coefficient (Wildman–Crippen LogP) is 1.51. The monoisotopic (exact) mass is 619 g/mol. The Bertz CT molecular complexity index is 1060. The number of carbonyl (C=O) groups excluding carboxylic acids is 1. The third kappa shape index (κ3) is 17.4. The van der Waals surface area contributed by atoms with Crippen molar-refractivity contribution in [2.45, 2.75) is 13.1 Å². The van der Waals surface area contributed by atoms with Crippen LogP contribution in [0, 0.1) is 6.92 Å². The summed E-state index contributed by atoms with van der Waals surface area (Å²) in [6, 6.07) is 6.32. The lowest BCUT2D eigenvalue weighted by Gasteiger charge is -2.14. The Morgan fingerprint density at radius 1 is 0.900 bits per heavy atom. The summed E-state index contributed by atoms with van der Waals surface area (Å²) in [4.78, 5) is 30.2. The minimum atomic E-state index is -4.96. The smallest absolute Gasteiger partial charge is 0.403 e. The quantitative estimate of drug-likeness (QED) is 0.123. The van der Waals surface area contributed by atoms with Gasteiger partial charge >= 0.3 is 14.0 Å². The van der Waals surface area contributed by atoms with Gasteiger partial charge in [0.1, 0.15) is 5.75 Å². The van der Waals surface area contributed by atoms with E-state index < -0.39 is 31.2 Å². The van der Waals surface area contributed by atoms with Gasteiger partial charge in [-0.2, -0.15) is 13.2 Å². The first-order valence-corrected chi connectivity index (χ1v) is 13.5. The van der Waals surface area contributed by atoms with E-state index in [9.17, 15) is 22.5 Å². The largest absolute Gasteiger partial charge is 0.524 e. The molecule has 9 N–H and O–H groups in total. The molecule has 0 aliphatic heterocycles. The Kier molecular flexibility index (Phi) is 18.6. The van der Waals surface area contributed by atoms with E-state index in [2.05, 4.69) is 20.5 Å². The van der Waals surface area contributed by atoms with Crippen LogP contribution in [0.1, 0.15) is 21.5 Å². The molecule has 2 aromatic rings. The Morgan fingerprint density at radius 3 is 1.82 bits per heavy atom. The highest BCUT2D eigenvalue weighted by Gasteiger charge is 2.31. The number of phosphoric ester groups is 1. The minimum absolute atomic E-state index is 0.0634. The third-order valence-electron chi connectivity index (χ3n) is 4.22. The minimum Gasteiger partial charge on any atom is -0.403 e. The topological polar surface area (TPSA) is 201 Å². The maximum Gasteiger partial charge on any atom is 0.524 e. The van der Waals surface area contributed by atoms with Crippen LogP contribution in [0.4, 0.5) is 18.9 Å². The molecule has 0 heterocycles. The molecule has 0 spiro atoms. The Hall–Kier alpha value is -2.30. The van der Waals surface area contributed by atoms with Gasteiger partial charge in [-0.25, -0.2) is 4.57 Å². The zero-order valence-corrected chi connectivity index (χ0v) is 23.1. The predicted molar refractivity (Wildman–Crippen MR) is 142 cm³/mol. The van der Waals surface area contributed by atoms with E-state index in [1.165, 1.54) is 19.1 Å². The number of aryl methyl sites for hydroxylation is 1. The highest BCUT2D eigenvalue weighted by atomic mass is 35.5. The number of nitrogens with one attached hydrogen (secondary N) is 3. The van der Waals surface area contributed by atoms with E-state index in [-0.39, 0.29) is 48.3 Å². The molecular weight excluding hydrogens is 586 g/mol. The molecular formula is C23H34ClF3N3O9P. The van der Waals surface area contributed by atoms with Crippen LogP contribution < -0.4 is 20.5 Å². The van der Waals surface area contributed by atoms with E-state index in [4.69, 9.17) is 41.8 Å². The average Bonchev–Trinajstić information content (AvgIpc) is 2.85. The van der Waals surface area contributed by atoms with Crippen LogP contribution in [-0.2, 0) is 10.7 Å². The number of amides is 1. The van der Waals surface area contributed by atoms with Crippen molar-refractivity contribution in [3.05, 3.63) is 58.1 Å². The van der Waals surface area contributed by atoms with Gasteiger partial charge in [0.25, 0.3) is 5.91 Å². The first kappa shape index (κ1) is 37.7. The summed E-state index contributed by atoms with van der Waals surface area (Å²) in [5, 5.41) is 40.5. The van der Waals surface area contributed by atoms with Gasteiger partial charge in [0.05, 0.1) is 37.6 Å². The number of carbonyl (C=O) groups is 1. The molecule has 228 valence electrons. The number of anilines is 1. The maximum absolute atomic E-state index is 12.9. The summed E-state index contributed by atoms with van der Waals surface area (Å²) >= 11 is 5.77. The molecule has 0 atom stereocenters. The number of aliphatic hydroxyl groups excluding tert-OH is 4. The van der Waals surface area contributed by atoms with E-state index in [1.807, 2.05) is 0 Å². The first-order valence-electron chi connectivity index (χ1n) is 11.6. The molecule has 12 nitrogen and oxygen atoms in total. The molecule has 17 heteroatoms. The number of benzene rings is 2. The molecule has 0 aliphatic carbocycles. The fraction of sp³-hybridized carbons (Fsp3) is 0.435. The zero-order chi connectivity index (χ0) is 30.8. The Balaban J connectivity index is 0.000000894. The van der Waals surface area contributed by atoms with Gasteiger partial charge in [-0.3, -0.25) is 14.6 Å². The van der Waals surface area contributed by atoms with E-state index in [0.29, 0.717) is 26.2 Å². The number of alkyl halides is 3. The van der Waals surface area contributed by atoms with Gasteiger partial charge in [-0.1, -0.05) is 11.6 Å². The normalized spacial score (nSPS) is 11.1. The SMILES string of the molecule is Cc1cc(NC(=O)c2cc(Cl)ccc2OP(=O)(O)O)cc(C(F)(F)F)c1.OCCNCCO.OCCNCCO. The van der Waals surface area contributed by atoms with Crippen LogP contribution in [0.25, 0.3) is 0 Å².